The van der Waals surface area contributed by atoms with Gasteiger partial charge >= 0.3 is 0 Å². The van der Waals surface area contributed by atoms with Crippen LogP contribution >= 0.6 is 0 Å². The smallest absolute Gasteiger partial charge is 0.220 e. The van der Waals surface area contributed by atoms with E-state index < -0.39 is 8.32 Å². The van der Waals surface area contributed by atoms with Crippen molar-refractivity contribution in [2.75, 3.05) is 6.61 Å². The summed E-state index contributed by atoms with van der Waals surface area (Å²) in [6.07, 6.45) is 1.59. The monoisotopic (exact) mass is 271 g/mol. The summed E-state index contributed by atoms with van der Waals surface area (Å²) in [5, 5.41) is 3.00. The first kappa shape index (κ1) is 15.7. The van der Waals surface area contributed by atoms with Gasteiger partial charge in [-0.1, -0.05) is 41.5 Å². The molecule has 3 nitrogen and oxygen atoms in total. The topological polar surface area (TPSA) is 38.3 Å². The highest BCUT2D eigenvalue weighted by Gasteiger charge is 2.45. The third kappa shape index (κ3) is 3.15. The molecule has 1 atom stereocenters. The number of hydrogen-bond donors (Lipinski definition) is 1. The zero-order valence-corrected chi connectivity index (χ0v) is 13.7. The number of carbonyl (C=O) groups excluding carboxylic acids is 1. The van der Waals surface area contributed by atoms with Crippen molar-refractivity contribution in [1.82, 2.24) is 5.32 Å². The van der Waals surface area contributed by atoms with Crippen molar-refractivity contribution >= 4 is 14.2 Å². The van der Waals surface area contributed by atoms with Crippen LogP contribution in [0.4, 0.5) is 0 Å². The van der Waals surface area contributed by atoms with E-state index in [0.717, 1.165) is 6.42 Å². The van der Waals surface area contributed by atoms with E-state index in [1.165, 1.54) is 0 Å². The molecular weight excluding hydrogens is 242 g/mol. The number of hydrogen-bond acceptors (Lipinski definition) is 2. The van der Waals surface area contributed by atoms with E-state index in [1.54, 1.807) is 0 Å². The van der Waals surface area contributed by atoms with Crippen LogP contribution in [0, 0.1) is 0 Å². The number of amides is 1. The second-order valence-corrected chi connectivity index (χ2v) is 11.9. The van der Waals surface area contributed by atoms with E-state index in [1.807, 2.05) is 0 Å². The van der Waals surface area contributed by atoms with E-state index in [9.17, 15) is 4.79 Å². The molecule has 1 heterocycles. The summed E-state index contributed by atoms with van der Waals surface area (Å²) in [6.45, 7) is 14.4. The summed E-state index contributed by atoms with van der Waals surface area (Å²) in [4.78, 5) is 11.2. The molecule has 1 saturated heterocycles. The van der Waals surface area contributed by atoms with Crippen molar-refractivity contribution < 1.29 is 9.22 Å². The lowest BCUT2D eigenvalue weighted by Crippen LogP contribution is -2.50. The molecule has 18 heavy (non-hydrogen) atoms. The minimum Gasteiger partial charge on any atom is -0.414 e. The standard InChI is InChI=1S/C14H29NO2Si/c1-10(2)18(11(3)4,12(5)6)17-9-13-7-8-14(16)15-13/h10-13H,7-9H2,1-6H3,(H,15,16)/t13-/m1/s1. The quantitative estimate of drug-likeness (QED) is 0.751. The molecule has 0 aromatic rings. The summed E-state index contributed by atoms with van der Waals surface area (Å²) in [5.41, 5.74) is 1.82. The summed E-state index contributed by atoms with van der Waals surface area (Å²) in [5.74, 6) is 0.175. The molecule has 0 bridgehead atoms. The lowest BCUT2D eigenvalue weighted by atomic mass is 10.2. The van der Waals surface area contributed by atoms with Gasteiger partial charge in [-0.3, -0.25) is 4.79 Å². The van der Waals surface area contributed by atoms with Crippen LogP contribution in [-0.2, 0) is 9.22 Å². The predicted molar refractivity (Wildman–Crippen MR) is 78.2 cm³/mol. The number of rotatable bonds is 6. The van der Waals surface area contributed by atoms with Crippen molar-refractivity contribution in [3.05, 3.63) is 0 Å². The van der Waals surface area contributed by atoms with Gasteiger partial charge in [-0.2, -0.15) is 0 Å². The molecule has 1 fully saturated rings. The van der Waals surface area contributed by atoms with Gasteiger partial charge in [0, 0.05) is 6.42 Å². The molecule has 1 aliphatic rings. The van der Waals surface area contributed by atoms with Crippen LogP contribution in [0.25, 0.3) is 0 Å². The molecule has 0 aliphatic carbocycles. The lowest BCUT2D eigenvalue weighted by molar-refractivity contribution is -0.119. The Morgan fingerprint density at radius 1 is 1.17 bits per heavy atom. The molecular formula is C14H29NO2Si. The molecule has 0 radical (unpaired) electrons. The number of nitrogens with one attached hydrogen (secondary N) is 1. The molecule has 0 saturated carbocycles. The highest BCUT2D eigenvalue weighted by molar-refractivity contribution is 6.77. The molecule has 1 rings (SSSR count). The van der Waals surface area contributed by atoms with Crippen LogP contribution in [0.3, 0.4) is 0 Å². The molecule has 4 heteroatoms. The first-order valence-corrected chi connectivity index (χ1v) is 9.38. The van der Waals surface area contributed by atoms with Gasteiger partial charge in [-0.25, -0.2) is 0 Å². The first-order chi connectivity index (χ1) is 8.30. The highest BCUT2D eigenvalue weighted by atomic mass is 28.4. The minimum atomic E-state index is -1.77. The van der Waals surface area contributed by atoms with Crippen molar-refractivity contribution in [3.8, 4) is 0 Å². The normalized spacial score (nSPS) is 21.2. The maximum Gasteiger partial charge on any atom is 0.220 e. The van der Waals surface area contributed by atoms with Crippen LogP contribution in [0.1, 0.15) is 54.4 Å². The first-order valence-electron chi connectivity index (χ1n) is 7.24. The Morgan fingerprint density at radius 3 is 2.00 bits per heavy atom. The molecule has 1 N–H and O–H groups in total. The molecule has 0 aromatic carbocycles. The van der Waals surface area contributed by atoms with Crippen LogP contribution in [0.2, 0.25) is 16.6 Å². The van der Waals surface area contributed by atoms with Gasteiger partial charge in [0.15, 0.2) is 8.32 Å². The Labute approximate surface area is 113 Å². The summed E-state index contributed by atoms with van der Waals surface area (Å²) < 4.78 is 6.47. The molecule has 1 amide bonds. The van der Waals surface area contributed by atoms with Crippen molar-refractivity contribution in [2.45, 2.75) is 77.0 Å². The van der Waals surface area contributed by atoms with Crippen LogP contribution in [-0.4, -0.2) is 26.9 Å². The maximum atomic E-state index is 11.2. The van der Waals surface area contributed by atoms with Crippen LogP contribution < -0.4 is 5.32 Å². The Morgan fingerprint density at radius 2 is 1.67 bits per heavy atom. The Hall–Kier alpha value is -0.353. The van der Waals surface area contributed by atoms with E-state index in [0.29, 0.717) is 29.7 Å². The zero-order valence-electron chi connectivity index (χ0n) is 12.7. The SMILES string of the molecule is CC(C)[Si](OC[C@H]1CCC(=O)N1)(C(C)C)C(C)C. The molecule has 106 valence electrons. The van der Waals surface area contributed by atoms with E-state index in [2.05, 4.69) is 46.9 Å². The van der Waals surface area contributed by atoms with Gasteiger partial charge < -0.3 is 9.74 Å². The zero-order chi connectivity index (χ0) is 13.9. The van der Waals surface area contributed by atoms with Gasteiger partial charge in [-0.05, 0) is 23.0 Å². The summed E-state index contributed by atoms with van der Waals surface area (Å²) >= 11 is 0. The van der Waals surface area contributed by atoms with Gasteiger partial charge in [-0.15, -0.1) is 0 Å². The fourth-order valence-corrected chi connectivity index (χ4v) is 9.04. The molecule has 1 aliphatic heterocycles. The molecule has 0 aromatic heterocycles. The third-order valence-corrected chi connectivity index (χ3v) is 10.4. The second kappa shape index (κ2) is 6.20. The van der Waals surface area contributed by atoms with E-state index in [-0.39, 0.29) is 11.9 Å². The van der Waals surface area contributed by atoms with Crippen LogP contribution in [0.15, 0.2) is 0 Å². The Balaban J connectivity index is 2.69. The predicted octanol–water partition coefficient (Wildman–Crippen LogP) is 3.46. The highest BCUT2D eigenvalue weighted by Crippen LogP contribution is 2.42. The summed E-state index contributed by atoms with van der Waals surface area (Å²) in [6, 6.07) is 0.237. The molecule has 0 spiro atoms. The Kier molecular flexibility index (Phi) is 5.41. The summed E-state index contributed by atoms with van der Waals surface area (Å²) in [7, 11) is -1.77. The largest absolute Gasteiger partial charge is 0.414 e. The average Bonchev–Trinajstić information content (AvgIpc) is 2.63. The van der Waals surface area contributed by atoms with E-state index in [4.69, 9.17) is 4.43 Å². The molecule has 0 unspecified atom stereocenters. The minimum absolute atomic E-state index is 0.175. The fourth-order valence-electron chi connectivity index (χ4n) is 3.55. The Bertz CT molecular complexity index is 268. The maximum absolute atomic E-state index is 11.2. The van der Waals surface area contributed by atoms with Gasteiger partial charge in [0.2, 0.25) is 5.91 Å². The fraction of sp³-hybridized carbons (Fsp3) is 0.929. The van der Waals surface area contributed by atoms with Gasteiger partial charge in [0.1, 0.15) is 0 Å². The average molecular weight is 271 g/mol. The van der Waals surface area contributed by atoms with Crippen molar-refractivity contribution in [1.29, 1.82) is 0 Å². The van der Waals surface area contributed by atoms with Crippen LogP contribution in [0.5, 0.6) is 0 Å². The lowest BCUT2D eigenvalue weighted by Gasteiger charge is -2.42. The van der Waals surface area contributed by atoms with Crippen molar-refractivity contribution in [3.63, 3.8) is 0 Å². The van der Waals surface area contributed by atoms with E-state index >= 15 is 0 Å². The van der Waals surface area contributed by atoms with Gasteiger partial charge in [0.05, 0.1) is 12.6 Å². The second-order valence-electron chi connectivity index (χ2n) is 6.43. The number of carbonyl (C=O) groups is 1. The van der Waals surface area contributed by atoms with Crippen molar-refractivity contribution in [2.24, 2.45) is 0 Å². The third-order valence-electron chi connectivity index (χ3n) is 4.33. The van der Waals surface area contributed by atoms with Gasteiger partial charge in [0.25, 0.3) is 0 Å².